The van der Waals surface area contributed by atoms with Crippen LogP contribution in [0.25, 0.3) is 5.57 Å². The highest BCUT2D eigenvalue weighted by Gasteiger charge is 2.29. The Kier molecular flexibility index (Phi) is 5.61. The average molecular weight is 436 g/mol. The second kappa shape index (κ2) is 8.12. The lowest BCUT2D eigenvalue weighted by Gasteiger charge is -2.38. The Morgan fingerprint density at radius 2 is 1.96 bits per heavy atom. The molecule has 2 aliphatic rings. The first kappa shape index (κ1) is 18.7. The van der Waals surface area contributed by atoms with Crippen molar-refractivity contribution in [3.63, 3.8) is 0 Å². The van der Waals surface area contributed by atoms with E-state index < -0.39 is 11.6 Å². The Labute approximate surface area is 165 Å². The molecule has 1 fully saturated rings. The van der Waals surface area contributed by atoms with Crippen molar-refractivity contribution in [2.24, 2.45) is 0 Å². The van der Waals surface area contributed by atoms with Gasteiger partial charge in [-0.25, -0.2) is 18.7 Å². The third kappa shape index (κ3) is 4.25. The summed E-state index contributed by atoms with van der Waals surface area (Å²) in [5, 5.41) is 0. The van der Waals surface area contributed by atoms with Gasteiger partial charge in [-0.15, -0.1) is 0 Å². The van der Waals surface area contributed by atoms with E-state index in [2.05, 4.69) is 36.9 Å². The summed E-state index contributed by atoms with van der Waals surface area (Å²) in [5.74, 6) is -0.0553. The summed E-state index contributed by atoms with van der Waals surface area (Å²) in [5.41, 5.74) is 1.48. The van der Waals surface area contributed by atoms with Crippen LogP contribution < -0.4 is 0 Å². The molecule has 0 saturated carbocycles. The molecule has 2 unspecified atom stereocenters. The molecule has 2 aromatic rings. The van der Waals surface area contributed by atoms with Crippen LogP contribution >= 0.6 is 15.9 Å². The molecule has 4 nitrogen and oxygen atoms in total. The van der Waals surface area contributed by atoms with E-state index in [1.54, 1.807) is 12.4 Å². The van der Waals surface area contributed by atoms with Crippen LogP contribution in [0.3, 0.4) is 0 Å². The molecule has 4 rings (SSSR count). The Bertz CT molecular complexity index is 836. The SMILES string of the molecule is Fc1ccc(F)c(C2CCC(N3CC=C(c4ncc(Br)cn4)CC3)CO2)c1. The van der Waals surface area contributed by atoms with E-state index >= 15 is 0 Å². The second-order valence-electron chi connectivity index (χ2n) is 6.92. The van der Waals surface area contributed by atoms with Gasteiger partial charge in [-0.2, -0.15) is 0 Å². The third-order valence-corrected chi connectivity index (χ3v) is 5.63. The predicted octanol–water partition coefficient (Wildman–Crippen LogP) is 4.53. The van der Waals surface area contributed by atoms with Gasteiger partial charge in [0.25, 0.3) is 0 Å². The van der Waals surface area contributed by atoms with E-state index in [0.29, 0.717) is 24.6 Å². The molecule has 3 heterocycles. The van der Waals surface area contributed by atoms with Gasteiger partial charge in [0.1, 0.15) is 11.6 Å². The Balaban J connectivity index is 1.35. The quantitative estimate of drug-likeness (QED) is 0.709. The van der Waals surface area contributed by atoms with Crippen molar-refractivity contribution in [2.45, 2.75) is 31.4 Å². The highest BCUT2D eigenvalue weighted by molar-refractivity contribution is 9.10. The number of aromatic nitrogens is 2. The normalized spacial score (nSPS) is 23.9. The molecule has 2 atom stereocenters. The van der Waals surface area contributed by atoms with Crippen LogP contribution in [0.5, 0.6) is 0 Å². The molecule has 1 aromatic heterocycles. The van der Waals surface area contributed by atoms with E-state index in [9.17, 15) is 8.78 Å². The highest BCUT2D eigenvalue weighted by Crippen LogP contribution is 2.33. The van der Waals surface area contributed by atoms with Crippen molar-refractivity contribution < 1.29 is 13.5 Å². The van der Waals surface area contributed by atoms with Crippen LogP contribution in [-0.2, 0) is 4.74 Å². The molecule has 0 bridgehead atoms. The zero-order valence-corrected chi connectivity index (χ0v) is 16.3. The lowest BCUT2D eigenvalue weighted by Crippen LogP contribution is -2.43. The summed E-state index contributed by atoms with van der Waals surface area (Å²) in [6.45, 7) is 2.26. The zero-order chi connectivity index (χ0) is 18.8. The molecular formula is C20H20BrF2N3O. The van der Waals surface area contributed by atoms with Crippen LogP contribution in [0.1, 0.15) is 36.8 Å². The maximum absolute atomic E-state index is 14.0. The first-order valence-corrected chi connectivity index (χ1v) is 9.87. The van der Waals surface area contributed by atoms with E-state index in [1.807, 2.05) is 0 Å². The summed E-state index contributed by atoms with van der Waals surface area (Å²) in [4.78, 5) is 11.1. The Hall–Kier alpha value is -1.70. The second-order valence-corrected chi connectivity index (χ2v) is 7.83. The number of rotatable bonds is 3. The van der Waals surface area contributed by atoms with Gasteiger partial charge >= 0.3 is 0 Å². The molecule has 142 valence electrons. The van der Waals surface area contributed by atoms with E-state index in [1.165, 1.54) is 12.1 Å². The summed E-state index contributed by atoms with van der Waals surface area (Å²) in [7, 11) is 0. The summed E-state index contributed by atoms with van der Waals surface area (Å²) < 4.78 is 34.1. The van der Waals surface area contributed by atoms with Crippen LogP contribution in [0, 0.1) is 11.6 Å². The molecule has 2 aliphatic heterocycles. The van der Waals surface area contributed by atoms with Crippen molar-refractivity contribution in [3.05, 3.63) is 64.2 Å². The fourth-order valence-corrected chi connectivity index (χ4v) is 3.93. The molecule has 1 saturated heterocycles. The number of benzene rings is 1. The lowest BCUT2D eigenvalue weighted by molar-refractivity contribution is -0.0373. The van der Waals surface area contributed by atoms with Gasteiger partial charge in [-0.05, 0) is 59.0 Å². The number of hydrogen-bond acceptors (Lipinski definition) is 4. The van der Waals surface area contributed by atoms with Crippen molar-refractivity contribution in [1.82, 2.24) is 14.9 Å². The molecule has 0 N–H and O–H groups in total. The minimum Gasteiger partial charge on any atom is -0.372 e. The highest BCUT2D eigenvalue weighted by atomic mass is 79.9. The van der Waals surface area contributed by atoms with E-state index in [-0.39, 0.29) is 6.10 Å². The first-order valence-electron chi connectivity index (χ1n) is 9.07. The van der Waals surface area contributed by atoms with Gasteiger partial charge in [0.05, 0.1) is 17.2 Å². The van der Waals surface area contributed by atoms with Gasteiger partial charge in [0.2, 0.25) is 0 Å². The molecular weight excluding hydrogens is 416 g/mol. The van der Waals surface area contributed by atoms with Gasteiger partial charge in [0, 0.05) is 37.1 Å². The maximum atomic E-state index is 14.0. The number of halogens is 3. The number of ether oxygens (including phenoxy) is 1. The monoisotopic (exact) mass is 435 g/mol. The molecule has 0 amide bonds. The minimum atomic E-state index is -0.430. The maximum Gasteiger partial charge on any atom is 0.154 e. The Morgan fingerprint density at radius 1 is 1.15 bits per heavy atom. The molecule has 7 heteroatoms. The van der Waals surface area contributed by atoms with Crippen molar-refractivity contribution in [3.8, 4) is 0 Å². The standard InChI is InChI=1S/C20H20BrF2N3O/c21-14-10-24-20(25-11-14)13-5-7-26(8-6-13)16-2-4-19(27-12-16)17-9-15(22)1-3-18(17)23/h1,3,5,9-11,16,19H,2,4,6-8,12H2. The number of nitrogens with zero attached hydrogens (tertiary/aromatic N) is 3. The smallest absolute Gasteiger partial charge is 0.154 e. The van der Waals surface area contributed by atoms with Crippen molar-refractivity contribution in [1.29, 1.82) is 0 Å². The summed E-state index contributed by atoms with van der Waals surface area (Å²) in [6.07, 6.45) is 7.80. The van der Waals surface area contributed by atoms with Crippen molar-refractivity contribution >= 4 is 21.5 Å². The predicted molar refractivity (Wildman–Crippen MR) is 102 cm³/mol. The van der Waals surface area contributed by atoms with Crippen LogP contribution in [-0.4, -0.2) is 40.6 Å². The van der Waals surface area contributed by atoms with Crippen LogP contribution in [0.15, 0.2) is 41.1 Å². The van der Waals surface area contributed by atoms with Gasteiger partial charge in [0.15, 0.2) is 5.82 Å². The lowest BCUT2D eigenvalue weighted by atomic mass is 9.96. The summed E-state index contributed by atoms with van der Waals surface area (Å²) in [6, 6.07) is 3.84. The fraction of sp³-hybridized carbons (Fsp3) is 0.400. The van der Waals surface area contributed by atoms with E-state index in [0.717, 1.165) is 47.9 Å². The van der Waals surface area contributed by atoms with Crippen LogP contribution in [0.4, 0.5) is 8.78 Å². The fourth-order valence-electron chi connectivity index (χ4n) is 3.73. The minimum absolute atomic E-state index is 0.293. The Morgan fingerprint density at radius 3 is 2.63 bits per heavy atom. The topological polar surface area (TPSA) is 38.2 Å². The third-order valence-electron chi connectivity index (χ3n) is 5.22. The molecule has 0 radical (unpaired) electrons. The van der Waals surface area contributed by atoms with Gasteiger partial charge in [-0.3, -0.25) is 4.90 Å². The number of hydrogen-bond donors (Lipinski definition) is 0. The molecule has 1 aromatic carbocycles. The van der Waals surface area contributed by atoms with Gasteiger partial charge < -0.3 is 4.74 Å². The molecule has 0 spiro atoms. The zero-order valence-electron chi connectivity index (χ0n) is 14.7. The largest absolute Gasteiger partial charge is 0.372 e. The van der Waals surface area contributed by atoms with E-state index in [4.69, 9.17) is 4.74 Å². The van der Waals surface area contributed by atoms with Crippen molar-refractivity contribution in [2.75, 3.05) is 19.7 Å². The van der Waals surface area contributed by atoms with Gasteiger partial charge in [-0.1, -0.05) is 6.08 Å². The summed E-state index contributed by atoms with van der Waals surface area (Å²) >= 11 is 3.35. The molecule has 27 heavy (non-hydrogen) atoms. The van der Waals surface area contributed by atoms with Crippen LogP contribution in [0.2, 0.25) is 0 Å². The first-order chi connectivity index (χ1) is 13.1. The average Bonchev–Trinajstić information content (AvgIpc) is 2.71. The molecule has 0 aliphatic carbocycles.